The third-order valence-electron chi connectivity index (χ3n) is 6.26. The second-order valence-corrected chi connectivity index (χ2v) is 8.51. The lowest BCUT2D eigenvalue weighted by atomic mass is 9.97. The molecule has 2 amide bonds. The summed E-state index contributed by atoms with van der Waals surface area (Å²) in [5.74, 6) is 1.23. The van der Waals surface area contributed by atoms with Gasteiger partial charge < -0.3 is 14.6 Å². The highest BCUT2D eigenvalue weighted by atomic mass is 16.2. The molecule has 2 aromatic heterocycles. The first kappa shape index (κ1) is 18.9. The molecule has 1 aromatic carbocycles. The molecule has 0 bridgehead atoms. The lowest BCUT2D eigenvalue weighted by molar-refractivity contribution is -0.130. The van der Waals surface area contributed by atoms with Crippen LogP contribution in [0.25, 0.3) is 5.65 Å². The summed E-state index contributed by atoms with van der Waals surface area (Å²) < 4.78 is 1.94. The minimum atomic E-state index is -0.0857. The van der Waals surface area contributed by atoms with E-state index < -0.39 is 0 Å². The first-order chi connectivity index (χ1) is 14.7. The van der Waals surface area contributed by atoms with E-state index in [0.717, 1.165) is 37.1 Å². The number of nitrogens with one attached hydrogen (secondary N) is 1. The molecule has 1 aliphatic heterocycles. The van der Waals surface area contributed by atoms with Crippen LogP contribution in [-0.2, 0) is 11.3 Å². The SMILES string of the molecule is O=C(NCc1ccn2ccnc2c1)c1ccc(C2CCN(C(=O)CC3CC3)C2)cc1. The maximum absolute atomic E-state index is 12.5. The number of aromatic nitrogens is 2. The smallest absolute Gasteiger partial charge is 0.251 e. The Hall–Kier alpha value is -3.15. The topological polar surface area (TPSA) is 66.7 Å². The quantitative estimate of drug-likeness (QED) is 0.687. The van der Waals surface area contributed by atoms with Crippen molar-refractivity contribution in [3.05, 3.63) is 71.7 Å². The Morgan fingerprint density at radius 2 is 1.90 bits per heavy atom. The highest BCUT2D eigenvalue weighted by Gasteiger charge is 2.31. The van der Waals surface area contributed by atoms with Crippen molar-refractivity contribution < 1.29 is 9.59 Å². The molecular weight excluding hydrogens is 376 g/mol. The van der Waals surface area contributed by atoms with Gasteiger partial charge in [-0.15, -0.1) is 0 Å². The van der Waals surface area contributed by atoms with Gasteiger partial charge in [-0.25, -0.2) is 4.98 Å². The van der Waals surface area contributed by atoms with Gasteiger partial charge >= 0.3 is 0 Å². The molecule has 2 fully saturated rings. The third kappa shape index (κ3) is 4.08. The Balaban J connectivity index is 1.16. The van der Waals surface area contributed by atoms with Crippen molar-refractivity contribution in [3.8, 4) is 0 Å². The number of benzene rings is 1. The monoisotopic (exact) mass is 402 g/mol. The van der Waals surface area contributed by atoms with Crippen molar-refractivity contribution in [2.24, 2.45) is 5.92 Å². The molecule has 6 nitrogen and oxygen atoms in total. The number of hydrogen-bond acceptors (Lipinski definition) is 3. The van der Waals surface area contributed by atoms with Crippen LogP contribution in [0.1, 0.15) is 53.1 Å². The molecule has 2 aliphatic rings. The summed E-state index contributed by atoms with van der Waals surface area (Å²) in [4.78, 5) is 31.1. The average Bonchev–Trinajstić information content (AvgIpc) is 3.26. The van der Waals surface area contributed by atoms with Crippen molar-refractivity contribution >= 4 is 17.5 Å². The molecule has 1 N–H and O–H groups in total. The van der Waals surface area contributed by atoms with Gasteiger partial charge in [-0.1, -0.05) is 12.1 Å². The molecule has 154 valence electrons. The van der Waals surface area contributed by atoms with Gasteiger partial charge in [-0.3, -0.25) is 9.59 Å². The fourth-order valence-corrected chi connectivity index (χ4v) is 4.21. The van der Waals surface area contributed by atoms with Gasteiger partial charge in [0, 0.05) is 56.1 Å². The summed E-state index contributed by atoms with van der Waals surface area (Å²) in [5.41, 5.74) is 3.74. The summed E-state index contributed by atoms with van der Waals surface area (Å²) in [6.45, 7) is 2.11. The Morgan fingerprint density at radius 1 is 1.07 bits per heavy atom. The Bertz CT molecular complexity index is 1070. The lowest BCUT2D eigenvalue weighted by Crippen LogP contribution is -2.28. The largest absolute Gasteiger partial charge is 0.348 e. The van der Waals surface area contributed by atoms with Gasteiger partial charge in [0.1, 0.15) is 5.65 Å². The zero-order valence-corrected chi connectivity index (χ0v) is 17.0. The van der Waals surface area contributed by atoms with E-state index >= 15 is 0 Å². The summed E-state index contributed by atoms with van der Waals surface area (Å²) in [6, 6.07) is 11.8. The van der Waals surface area contributed by atoms with Crippen molar-refractivity contribution in [2.75, 3.05) is 13.1 Å². The van der Waals surface area contributed by atoms with Gasteiger partial charge in [-0.05, 0) is 60.6 Å². The molecule has 3 heterocycles. The average molecular weight is 402 g/mol. The third-order valence-corrected chi connectivity index (χ3v) is 6.26. The Kier molecular flexibility index (Phi) is 4.99. The first-order valence-electron chi connectivity index (χ1n) is 10.7. The van der Waals surface area contributed by atoms with E-state index in [0.29, 0.717) is 29.9 Å². The predicted molar refractivity (Wildman–Crippen MR) is 114 cm³/mol. The van der Waals surface area contributed by atoms with Gasteiger partial charge in [0.05, 0.1) is 0 Å². The van der Waals surface area contributed by atoms with Gasteiger partial charge in [0.15, 0.2) is 0 Å². The number of likely N-dealkylation sites (tertiary alicyclic amines) is 1. The number of rotatable bonds is 6. The normalized spacial score (nSPS) is 18.7. The maximum Gasteiger partial charge on any atom is 0.251 e. The van der Waals surface area contributed by atoms with Crippen LogP contribution < -0.4 is 5.32 Å². The van der Waals surface area contributed by atoms with Crippen LogP contribution in [0.5, 0.6) is 0 Å². The number of nitrogens with zero attached hydrogens (tertiary/aromatic N) is 3. The molecule has 1 atom stereocenters. The molecular formula is C24H26N4O2. The minimum Gasteiger partial charge on any atom is -0.348 e. The van der Waals surface area contributed by atoms with Crippen molar-refractivity contribution in [1.82, 2.24) is 19.6 Å². The van der Waals surface area contributed by atoms with Gasteiger partial charge in [0.2, 0.25) is 5.91 Å². The molecule has 1 saturated heterocycles. The summed E-state index contributed by atoms with van der Waals surface area (Å²) in [5, 5.41) is 2.98. The lowest BCUT2D eigenvalue weighted by Gasteiger charge is -2.16. The molecule has 1 aliphatic carbocycles. The van der Waals surface area contributed by atoms with Crippen LogP contribution in [0.4, 0.5) is 0 Å². The standard InChI is InChI=1S/C24H26N4O2/c29-23(14-17-1-2-17)28-11-8-21(16-28)19-3-5-20(6-4-19)24(30)26-15-18-7-10-27-12-9-25-22(27)13-18/h3-7,9-10,12-13,17,21H,1-2,8,11,14-16H2,(H,26,30). The summed E-state index contributed by atoms with van der Waals surface area (Å²) >= 11 is 0. The second-order valence-electron chi connectivity index (χ2n) is 8.51. The van der Waals surface area contributed by atoms with E-state index in [4.69, 9.17) is 0 Å². The molecule has 0 spiro atoms. The van der Waals surface area contributed by atoms with Crippen molar-refractivity contribution in [1.29, 1.82) is 0 Å². The van der Waals surface area contributed by atoms with E-state index in [-0.39, 0.29) is 5.91 Å². The molecule has 30 heavy (non-hydrogen) atoms. The number of pyridine rings is 1. The highest BCUT2D eigenvalue weighted by molar-refractivity contribution is 5.94. The molecule has 5 rings (SSSR count). The number of carbonyl (C=O) groups is 2. The van der Waals surface area contributed by atoms with E-state index in [1.807, 2.05) is 58.1 Å². The van der Waals surface area contributed by atoms with Crippen LogP contribution in [0.15, 0.2) is 55.0 Å². The van der Waals surface area contributed by atoms with E-state index in [9.17, 15) is 9.59 Å². The first-order valence-corrected chi connectivity index (χ1v) is 10.7. The Labute approximate surface area is 175 Å². The van der Waals surface area contributed by atoms with Crippen LogP contribution in [0.2, 0.25) is 0 Å². The van der Waals surface area contributed by atoms with Gasteiger partial charge in [0.25, 0.3) is 5.91 Å². The van der Waals surface area contributed by atoms with Gasteiger partial charge in [-0.2, -0.15) is 0 Å². The van der Waals surface area contributed by atoms with Crippen LogP contribution in [0, 0.1) is 5.92 Å². The van der Waals surface area contributed by atoms with Crippen LogP contribution >= 0.6 is 0 Å². The molecule has 1 saturated carbocycles. The van der Waals surface area contributed by atoms with Crippen LogP contribution in [-0.4, -0.2) is 39.2 Å². The fraction of sp³-hybridized carbons (Fsp3) is 0.375. The number of hydrogen-bond donors (Lipinski definition) is 1. The summed E-state index contributed by atoms with van der Waals surface area (Å²) in [7, 11) is 0. The Morgan fingerprint density at radius 3 is 2.70 bits per heavy atom. The second kappa shape index (κ2) is 7.94. The predicted octanol–water partition coefficient (Wildman–Crippen LogP) is 3.38. The van der Waals surface area contributed by atoms with Crippen molar-refractivity contribution in [2.45, 2.75) is 38.1 Å². The zero-order chi connectivity index (χ0) is 20.5. The zero-order valence-electron chi connectivity index (χ0n) is 17.0. The summed E-state index contributed by atoms with van der Waals surface area (Å²) in [6.07, 6.45) is 9.74. The molecule has 3 aromatic rings. The fourth-order valence-electron chi connectivity index (χ4n) is 4.21. The number of fused-ring (bicyclic) bond motifs is 1. The molecule has 0 radical (unpaired) electrons. The number of imidazole rings is 1. The van der Waals surface area contributed by atoms with E-state index in [1.54, 1.807) is 6.20 Å². The number of carbonyl (C=O) groups excluding carboxylic acids is 2. The number of amides is 2. The van der Waals surface area contributed by atoms with Crippen molar-refractivity contribution in [3.63, 3.8) is 0 Å². The van der Waals surface area contributed by atoms with Crippen LogP contribution in [0.3, 0.4) is 0 Å². The molecule has 6 heteroatoms. The highest BCUT2D eigenvalue weighted by Crippen LogP contribution is 2.34. The van der Waals surface area contributed by atoms with E-state index in [1.165, 1.54) is 18.4 Å². The maximum atomic E-state index is 12.5. The minimum absolute atomic E-state index is 0.0857. The molecule has 1 unspecified atom stereocenters. The van der Waals surface area contributed by atoms with E-state index in [2.05, 4.69) is 10.3 Å².